The first-order valence-electron chi connectivity index (χ1n) is 14.1. The van der Waals surface area contributed by atoms with Gasteiger partial charge in [0.15, 0.2) is 6.29 Å². The van der Waals surface area contributed by atoms with Crippen LogP contribution in [0.5, 0.6) is 0 Å². The van der Waals surface area contributed by atoms with Gasteiger partial charge in [-0.2, -0.15) is 11.8 Å². The molecule has 0 radical (unpaired) electrons. The zero-order valence-corrected chi connectivity index (χ0v) is 24.2. The Morgan fingerprint density at radius 2 is 1.60 bits per heavy atom. The van der Waals surface area contributed by atoms with Crippen molar-refractivity contribution >= 4 is 23.6 Å². The maximum atomic E-state index is 12.2. The SMILES string of the molecule is O=C(CCCC(=O)NCc1cccc(-c2cccc([C@@H]3O[C@H](CSCCO)C[C@H](c4ccc(CO)cc4)O3)c2)c1)NO. The van der Waals surface area contributed by atoms with Crippen LogP contribution in [0.15, 0.2) is 72.8 Å². The third kappa shape index (κ3) is 9.38. The fraction of sp³-hybridized carbons (Fsp3) is 0.375. The highest BCUT2D eigenvalue weighted by Crippen LogP contribution is 2.39. The number of nitrogens with one attached hydrogen (secondary N) is 2. The van der Waals surface area contributed by atoms with Crippen molar-refractivity contribution in [3.63, 3.8) is 0 Å². The molecule has 0 aliphatic carbocycles. The Hall–Kier alpha value is -3.25. The fourth-order valence-electron chi connectivity index (χ4n) is 4.78. The van der Waals surface area contributed by atoms with Crippen molar-refractivity contribution in [1.82, 2.24) is 10.8 Å². The minimum atomic E-state index is -0.573. The zero-order valence-electron chi connectivity index (χ0n) is 23.4. The van der Waals surface area contributed by atoms with E-state index in [1.807, 2.05) is 66.7 Å². The van der Waals surface area contributed by atoms with Gasteiger partial charge in [0.1, 0.15) is 0 Å². The number of amides is 2. The molecule has 1 aliphatic rings. The Kier molecular flexibility index (Phi) is 12.4. The lowest BCUT2D eigenvalue weighted by Crippen LogP contribution is -2.31. The van der Waals surface area contributed by atoms with Crippen molar-refractivity contribution in [2.75, 3.05) is 18.1 Å². The van der Waals surface area contributed by atoms with Gasteiger partial charge >= 0.3 is 0 Å². The summed E-state index contributed by atoms with van der Waals surface area (Å²) in [7, 11) is 0. The Bertz CT molecular complexity index is 1300. The van der Waals surface area contributed by atoms with Crippen LogP contribution in [-0.2, 0) is 32.2 Å². The van der Waals surface area contributed by atoms with Crippen LogP contribution < -0.4 is 10.8 Å². The summed E-state index contributed by atoms with van der Waals surface area (Å²) in [5, 5.41) is 30.1. The molecular formula is C32H38N2O7S. The van der Waals surface area contributed by atoms with Crippen molar-refractivity contribution in [1.29, 1.82) is 0 Å². The predicted octanol–water partition coefficient (Wildman–Crippen LogP) is 4.41. The van der Waals surface area contributed by atoms with E-state index in [-0.39, 0.29) is 44.2 Å². The molecule has 3 aromatic carbocycles. The Morgan fingerprint density at radius 1 is 0.857 bits per heavy atom. The van der Waals surface area contributed by atoms with Gasteiger partial charge in [-0.05, 0) is 46.4 Å². The summed E-state index contributed by atoms with van der Waals surface area (Å²) < 4.78 is 12.9. The predicted molar refractivity (Wildman–Crippen MR) is 160 cm³/mol. The van der Waals surface area contributed by atoms with E-state index in [2.05, 4.69) is 11.4 Å². The van der Waals surface area contributed by atoms with E-state index in [1.54, 1.807) is 17.2 Å². The van der Waals surface area contributed by atoms with Crippen LogP contribution in [0.4, 0.5) is 0 Å². The molecule has 0 bridgehead atoms. The van der Waals surface area contributed by atoms with Crippen molar-refractivity contribution in [2.45, 2.75) is 57.3 Å². The highest BCUT2D eigenvalue weighted by atomic mass is 32.2. The van der Waals surface area contributed by atoms with Crippen molar-refractivity contribution < 1.29 is 34.5 Å². The number of aliphatic hydroxyl groups excluding tert-OH is 2. The van der Waals surface area contributed by atoms with Crippen molar-refractivity contribution in [3.05, 3.63) is 95.1 Å². The molecule has 10 heteroatoms. The Morgan fingerprint density at radius 3 is 2.33 bits per heavy atom. The molecule has 5 N–H and O–H groups in total. The second kappa shape index (κ2) is 16.4. The minimum absolute atomic E-state index is 0.0101. The van der Waals surface area contributed by atoms with Gasteiger partial charge < -0.3 is 25.0 Å². The van der Waals surface area contributed by atoms with Crippen LogP contribution in [-0.4, -0.2) is 51.5 Å². The minimum Gasteiger partial charge on any atom is -0.396 e. The Balaban J connectivity index is 1.45. The number of aliphatic hydroxyl groups is 2. The largest absolute Gasteiger partial charge is 0.396 e. The van der Waals surface area contributed by atoms with Gasteiger partial charge in [-0.3, -0.25) is 14.8 Å². The van der Waals surface area contributed by atoms with Crippen LogP contribution in [0.2, 0.25) is 0 Å². The summed E-state index contributed by atoms with van der Waals surface area (Å²) in [5.74, 6) is 0.722. The summed E-state index contributed by atoms with van der Waals surface area (Å²) in [6, 6.07) is 23.8. The summed E-state index contributed by atoms with van der Waals surface area (Å²) in [5.41, 5.74) is 7.26. The van der Waals surface area contributed by atoms with E-state index in [0.29, 0.717) is 25.1 Å². The molecule has 224 valence electrons. The van der Waals surface area contributed by atoms with Gasteiger partial charge in [0.2, 0.25) is 11.8 Å². The molecule has 42 heavy (non-hydrogen) atoms. The summed E-state index contributed by atoms with van der Waals surface area (Å²) in [6.45, 7) is 0.471. The van der Waals surface area contributed by atoms with Crippen LogP contribution in [0.1, 0.15) is 60.3 Å². The normalized spacial score (nSPS) is 18.4. The number of hydrogen-bond donors (Lipinski definition) is 5. The molecule has 3 atom stereocenters. The third-order valence-electron chi connectivity index (χ3n) is 7.00. The lowest BCUT2D eigenvalue weighted by molar-refractivity contribution is -0.245. The molecule has 1 fully saturated rings. The molecule has 1 saturated heterocycles. The number of thioether (sulfide) groups is 1. The van der Waals surface area contributed by atoms with E-state index in [4.69, 9.17) is 14.7 Å². The fourth-order valence-corrected chi connectivity index (χ4v) is 5.56. The monoisotopic (exact) mass is 594 g/mol. The molecule has 2 amide bonds. The molecule has 3 aromatic rings. The van der Waals surface area contributed by atoms with Gasteiger partial charge in [-0.25, -0.2) is 5.48 Å². The number of carbonyl (C=O) groups excluding carboxylic acids is 2. The van der Waals surface area contributed by atoms with Crippen LogP contribution in [0.25, 0.3) is 11.1 Å². The maximum Gasteiger partial charge on any atom is 0.243 e. The number of carbonyl (C=O) groups is 2. The summed E-state index contributed by atoms with van der Waals surface area (Å²) >= 11 is 1.65. The summed E-state index contributed by atoms with van der Waals surface area (Å²) in [6.07, 6.45) is 0.519. The van der Waals surface area contributed by atoms with E-state index in [1.165, 1.54) is 0 Å². The zero-order chi connectivity index (χ0) is 29.7. The lowest BCUT2D eigenvalue weighted by atomic mass is 9.99. The standard InChI is InChI=1S/C32H38N2O7S/c35-14-15-42-21-28-18-29(24-12-10-22(20-36)11-13-24)41-32(40-28)27-7-2-6-26(17-27)25-5-1-4-23(16-25)19-33-30(37)8-3-9-31(38)34-39/h1-2,4-7,10-13,16-17,28-29,32,35-36,39H,3,8-9,14-15,18-21H2,(H,33,37)(H,34,38)/t28-,29+,32+/m0/s1. The number of hydrogen-bond acceptors (Lipinski definition) is 8. The highest BCUT2D eigenvalue weighted by molar-refractivity contribution is 7.99. The van der Waals surface area contributed by atoms with Gasteiger partial charge in [-0.15, -0.1) is 0 Å². The number of benzene rings is 3. The number of rotatable bonds is 14. The molecule has 9 nitrogen and oxygen atoms in total. The molecule has 0 unspecified atom stereocenters. The highest BCUT2D eigenvalue weighted by Gasteiger charge is 2.32. The number of hydroxylamine groups is 1. The second-order valence-corrected chi connectivity index (χ2v) is 11.3. The quantitative estimate of drug-likeness (QED) is 0.105. The topological polar surface area (TPSA) is 137 Å². The summed E-state index contributed by atoms with van der Waals surface area (Å²) in [4.78, 5) is 23.3. The van der Waals surface area contributed by atoms with Gasteiger partial charge in [-0.1, -0.05) is 60.7 Å². The van der Waals surface area contributed by atoms with Crippen LogP contribution >= 0.6 is 11.8 Å². The Labute approximate surface area is 250 Å². The molecule has 0 spiro atoms. The molecule has 0 aromatic heterocycles. The average Bonchev–Trinajstić information content (AvgIpc) is 3.04. The van der Waals surface area contributed by atoms with E-state index < -0.39 is 12.2 Å². The first kappa shape index (κ1) is 31.7. The molecule has 0 saturated carbocycles. The first-order valence-corrected chi connectivity index (χ1v) is 15.2. The van der Waals surface area contributed by atoms with E-state index in [0.717, 1.165) is 39.1 Å². The first-order chi connectivity index (χ1) is 20.5. The van der Waals surface area contributed by atoms with Gasteiger partial charge in [0, 0.05) is 42.9 Å². The maximum absolute atomic E-state index is 12.2. The molecule has 4 rings (SSSR count). The van der Waals surface area contributed by atoms with Crippen LogP contribution in [0, 0.1) is 0 Å². The smallest absolute Gasteiger partial charge is 0.243 e. The lowest BCUT2D eigenvalue weighted by Gasteiger charge is -2.36. The van der Waals surface area contributed by atoms with E-state index in [9.17, 15) is 19.8 Å². The average molecular weight is 595 g/mol. The van der Waals surface area contributed by atoms with Crippen LogP contribution in [0.3, 0.4) is 0 Å². The van der Waals surface area contributed by atoms with Gasteiger partial charge in [0.25, 0.3) is 0 Å². The van der Waals surface area contributed by atoms with Crippen molar-refractivity contribution in [2.24, 2.45) is 0 Å². The third-order valence-corrected chi connectivity index (χ3v) is 8.07. The second-order valence-electron chi connectivity index (χ2n) is 10.1. The molecule has 1 heterocycles. The van der Waals surface area contributed by atoms with E-state index >= 15 is 0 Å². The molecular weight excluding hydrogens is 556 g/mol. The van der Waals surface area contributed by atoms with Crippen molar-refractivity contribution in [3.8, 4) is 11.1 Å². The van der Waals surface area contributed by atoms with Gasteiger partial charge in [0.05, 0.1) is 25.4 Å². The molecule has 1 aliphatic heterocycles. The number of ether oxygens (including phenoxy) is 2.